The number of aliphatic hydroxyl groups excluding tert-OH is 1. The summed E-state index contributed by atoms with van der Waals surface area (Å²) in [7, 11) is 0. The first kappa shape index (κ1) is 30.3. The predicted molar refractivity (Wildman–Crippen MR) is 153 cm³/mol. The molecular weight excluding hydrogens is 492 g/mol. The number of hydrogen-bond acceptors (Lipinski definition) is 6. The number of esters is 1. The van der Waals surface area contributed by atoms with E-state index >= 15 is 0 Å². The second kappa shape index (κ2) is 14.8. The van der Waals surface area contributed by atoms with Gasteiger partial charge >= 0.3 is 5.97 Å². The SMILES string of the molecule is CCCCCC(CCC1C(O)CC2Cc3c(cccc3OCC(=O)OC(C)C(C)C)CC21)OC1CCCCO1. The van der Waals surface area contributed by atoms with Gasteiger partial charge < -0.3 is 24.1 Å². The Bertz CT molecular complexity index is 894. The van der Waals surface area contributed by atoms with Crippen molar-refractivity contribution in [2.75, 3.05) is 13.2 Å². The summed E-state index contributed by atoms with van der Waals surface area (Å²) < 4.78 is 23.8. The maximum atomic E-state index is 12.3. The summed E-state index contributed by atoms with van der Waals surface area (Å²) in [5, 5.41) is 11.2. The van der Waals surface area contributed by atoms with E-state index in [0.29, 0.717) is 17.8 Å². The molecule has 3 aliphatic rings. The minimum absolute atomic E-state index is 0.0579. The molecule has 2 aliphatic carbocycles. The number of aliphatic hydroxyl groups is 1. The number of carbonyl (C=O) groups is 1. The van der Waals surface area contributed by atoms with Gasteiger partial charge in [-0.05, 0) is 106 Å². The topological polar surface area (TPSA) is 74.2 Å². The van der Waals surface area contributed by atoms with Crippen molar-refractivity contribution in [2.24, 2.45) is 23.7 Å². The molecule has 220 valence electrons. The number of carbonyl (C=O) groups excluding carboxylic acids is 1. The van der Waals surface area contributed by atoms with Crippen LogP contribution in [-0.2, 0) is 31.8 Å². The Morgan fingerprint density at radius 2 is 1.97 bits per heavy atom. The zero-order chi connectivity index (χ0) is 27.8. The molecule has 4 rings (SSSR count). The average Bonchev–Trinajstić information content (AvgIpc) is 3.23. The molecule has 1 heterocycles. The van der Waals surface area contributed by atoms with Gasteiger partial charge in [0.25, 0.3) is 0 Å². The lowest BCUT2D eigenvalue weighted by atomic mass is 9.73. The van der Waals surface area contributed by atoms with E-state index in [1.54, 1.807) is 0 Å². The quantitative estimate of drug-likeness (QED) is 0.209. The maximum absolute atomic E-state index is 12.3. The van der Waals surface area contributed by atoms with Crippen LogP contribution in [0.5, 0.6) is 5.75 Å². The summed E-state index contributed by atoms with van der Waals surface area (Å²) in [4.78, 5) is 12.3. The van der Waals surface area contributed by atoms with Crippen LogP contribution in [0.1, 0.15) is 103 Å². The molecule has 7 atom stereocenters. The number of hydrogen-bond donors (Lipinski definition) is 1. The molecule has 0 radical (unpaired) electrons. The molecule has 0 spiro atoms. The molecular formula is C33H52O6. The summed E-state index contributed by atoms with van der Waals surface area (Å²) in [5.74, 6) is 1.95. The van der Waals surface area contributed by atoms with Gasteiger partial charge in [-0.3, -0.25) is 0 Å². The van der Waals surface area contributed by atoms with Crippen LogP contribution in [0, 0.1) is 23.7 Å². The largest absolute Gasteiger partial charge is 0.482 e. The van der Waals surface area contributed by atoms with Gasteiger partial charge in [-0.15, -0.1) is 0 Å². The Balaban J connectivity index is 1.35. The standard InChI is InChI=1S/C33H52O6/c1-5-6-7-12-26(39-33-14-8-9-17-36-33)15-16-27-28-18-24-11-10-13-31(29(24)19-25(28)20-30(27)34)37-21-32(35)38-23(4)22(2)3/h10-11,13,22-23,25-28,30,33-34H,5-9,12,14-21H2,1-4H3. The molecule has 39 heavy (non-hydrogen) atoms. The Kier molecular flexibility index (Phi) is 11.5. The minimum atomic E-state index is -0.326. The molecule has 1 saturated carbocycles. The molecule has 7 unspecified atom stereocenters. The Labute approximate surface area is 236 Å². The van der Waals surface area contributed by atoms with Gasteiger partial charge in [-0.25, -0.2) is 4.79 Å². The molecule has 1 aromatic carbocycles. The van der Waals surface area contributed by atoms with E-state index in [-0.39, 0.29) is 43.1 Å². The third kappa shape index (κ3) is 8.43. The second-order valence-corrected chi connectivity index (χ2v) is 12.5. The lowest BCUT2D eigenvalue weighted by molar-refractivity contribution is -0.191. The van der Waals surface area contributed by atoms with Gasteiger partial charge in [0.15, 0.2) is 12.9 Å². The Morgan fingerprint density at radius 1 is 1.13 bits per heavy atom. The molecule has 1 N–H and O–H groups in total. The van der Waals surface area contributed by atoms with Crippen molar-refractivity contribution in [3.05, 3.63) is 29.3 Å². The molecule has 0 amide bonds. The van der Waals surface area contributed by atoms with E-state index in [0.717, 1.165) is 63.7 Å². The van der Waals surface area contributed by atoms with Crippen molar-refractivity contribution in [3.63, 3.8) is 0 Å². The zero-order valence-electron chi connectivity index (χ0n) is 24.7. The molecule has 1 saturated heterocycles. The summed E-state index contributed by atoms with van der Waals surface area (Å²) in [6.45, 7) is 8.97. The molecule has 6 nitrogen and oxygen atoms in total. The smallest absolute Gasteiger partial charge is 0.344 e. The van der Waals surface area contributed by atoms with Gasteiger partial charge in [0.05, 0.1) is 12.2 Å². The normalized spacial score (nSPS) is 28.0. The van der Waals surface area contributed by atoms with Crippen molar-refractivity contribution < 1.29 is 28.8 Å². The first-order chi connectivity index (χ1) is 18.9. The minimum Gasteiger partial charge on any atom is -0.482 e. The monoisotopic (exact) mass is 544 g/mol. The Morgan fingerprint density at radius 3 is 2.72 bits per heavy atom. The Hall–Kier alpha value is -1.63. The fraction of sp³-hybridized carbons (Fsp3) is 0.788. The number of benzene rings is 1. The molecule has 1 aromatic rings. The predicted octanol–water partition coefficient (Wildman–Crippen LogP) is 6.64. The first-order valence-corrected chi connectivity index (χ1v) is 15.7. The number of rotatable bonds is 14. The summed E-state index contributed by atoms with van der Waals surface area (Å²) in [6, 6.07) is 6.18. The van der Waals surface area contributed by atoms with E-state index in [9.17, 15) is 9.90 Å². The van der Waals surface area contributed by atoms with Crippen LogP contribution < -0.4 is 4.74 Å². The van der Waals surface area contributed by atoms with E-state index in [2.05, 4.69) is 13.0 Å². The third-order valence-electron chi connectivity index (χ3n) is 9.38. The fourth-order valence-corrected chi connectivity index (χ4v) is 6.77. The highest BCUT2D eigenvalue weighted by Gasteiger charge is 2.45. The van der Waals surface area contributed by atoms with E-state index in [1.807, 2.05) is 32.9 Å². The highest BCUT2D eigenvalue weighted by Crippen LogP contribution is 2.48. The molecule has 0 aromatic heterocycles. The second-order valence-electron chi connectivity index (χ2n) is 12.5. The zero-order valence-corrected chi connectivity index (χ0v) is 24.7. The number of fused-ring (bicyclic) bond motifs is 2. The lowest BCUT2D eigenvalue weighted by Crippen LogP contribution is -2.31. The summed E-state index contributed by atoms with van der Waals surface area (Å²) in [6.07, 6.45) is 12.4. The van der Waals surface area contributed by atoms with E-state index in [1.165, 1.54) is 36.8 Å². The molecule has 1 aliphatic heterocycles. The van der Waals surface area contributed by atoms with Crippen molar-refractivity contribution in [1.82, 2.24) is 0 Å². The van der Waals surface area contributed by atoms with E-state index < -0.39 is 0 Å². The first-order valence-electron chi connectivity index (χ1n) is 15.7. The van der Waals surface area contributed by atoms with Crippen LogP contribution in [-0.4, -0.2) is 48.9 Å². The number of ether oxygens (including phenoxy) is 4. The molecule has 6 heteroatoms. The average molecular weight is 545 g/mol. The van der Waals surface area contributed by atoms with Gasteiger partial charge in [-0.2, -0.15) is 0 Å². The summed E-state index contributed by atoms with van der Waals surface area (Å²) >= 11 is 0. The molecule has 2 fully saturated rings. The maximum Gasteiger partial charge on any atom is 0.344 e. The van der Waals surface area contributed by atoms with Crippen LogP contribution in [0.2, 0.25) is 0 Å². The fourth-order valence-electron chi connectivity index (χ4n) is 6.77. The summed E-state index contributed by atoms with van der Waals surface area (Å²) in [5.41, 5.74) is 2.50. The van der Waals surface area contributed by atoms with Crippen molar-refractivity contribution in [2.45, 2.75) is 129 Å². The van der Waals surface area contributed by atoms with Crippen LogP contribution >= 0.6 is 0 Å². The van der Waals surface area contributed by atoms with Crippen molar-refractivity contribution >= 4 is 5.97 Å². The highest BCUT2D eigenvalue weighted by molar-refractivity contribution is 5.71. The van der Waals surface area contributed by atoms with E-state index in [4.69, 9.17) is 18.9 Å². The van der Waals surface area contributed by atoms with Crippen LogP contribution in [0.4, 0.5) is 0 Å². The van der Waals surface area contributed by atoms with Crippen molar-refractivity contribution in [3.8, 4) is 5.75 Å². The van der Waals surface area contributed by atoms with Crippen LogP contribution in [0.25, 0.3) is 0 Å². The third-order valence-corrected chi connectivity index (χ3v) is 9.38. The van der Waals surface area contributed by atoms with Crippen molar-refractivity contribution in [1.29, 1.82) is 0 Å². The van der Waals surface area contributed by atoms with Crippen LogP contribution in [0.3, 0.4) is 0 Å². The van der Waals surface area contributed by atoms with Gasteiger partial charge in [-0.1, -0.05) is 52.2 Å². The van der Waals surface area contributed by atoms with Gasteiger partial charge in [0.2, 0.25) is 0 Å². The lowest BCUT2D eigenvalue weighted by Gasteiger charge is -2.33. The molecule has 0 bridgehead atoms. The number of unbranched alkanes of at least 4 members (excludes halogenated alkanes) is 2. The highest BCUT2D eigenvalue weighted by atomic mass is 16.7. The van der Waals surface area contributed by atoms with Gasteiger partial charge in [0.1, 0.15) is 11.9 Å². The van der Waals surface area contributed by atoms with Crippen LogP contribution in [0.15, 0.2) is 18.2 Å². The van der Waals surface area contributed by atoms with Gasteiger partial charge in [0, 0.05) is 6.61 Å².